The Morgan fingerprint density at radius 2 is 0.411 bits per heavy atom. The fourth-order valence-electron chi connectivity index (χ4n) is 19.9. The second-order valence-corrected chi connectivity index (χ2v) is 67.4. The van der Waals surface area contributed by atoms with E-state index < -0.39 is 59.6 Å². The van der Waals surface area contributed by atoms with Gasteiger partial charge in [0.15, 0.2) is 11.2 Å². The minimum Gasteiger partial charge on any atom is -0.370 e. The average Bonchev–Trinajstić information content (AvgIpc) is 0.678. The molecule has 3 aromatic rings. The van der Waals surface area contributed by atoms with Gasteiger partial charge in [0.25, 0.3) is 0 Å². The molecule has 8 heteroatoms. The van der Waals surface area contributed by atoms with Crippen LogP contribution in [0.1, 0.15) is 283 Å². The Morgan fingerprint density at radius 1 is 0.244 bits per heavy atom. The summed E-state index contributed by atoms with van der Waals surface area (Å²) in [5.74, 6) is 24.0. The summed E-state index contributed by atoms with van der Waals surface area (Å²) in [6, 6.07) is 8.93. The normalized spacial score (nSPS) is 17.0. The highest BCUT2D eigenvalue weighted by molar-refractivity contribution is 6.93. The molecule has 0 bridgehead atoms. The number of rotatable bonds is 18. The largest absolute Gasteiger partial charge is 0.370 e. The second kappa shape index (κ2) is 29.4. The van der Waals surface area contributed by atoms with E-state index in [2.05, 4.69) is 342 Å². The SMILES string of the molecule is CC(C)[Si](C#Cc1cc2c3c(c1)c(C#C[Si](C(C)C)(C(C)C)C(C)C)c(C#C[Si](C(C)C)(C(C)C)C(C)C)c1cc(C#C[Si](C(C)C)(C(C)C)C(C)C)cc(c13)C(O)(C#C[Si](C(C)C)(C(C)C)C(C)C)C2(O)C#C[Si](C(C)C)(C(C)C)C(C)C)(C(C)C)C(C)C. The highest BCUT2D eigenvalue weighted by Gasteiger charge is 2.57. The van der Waals surface area contributed by atoms with Crippen molar-refractivity contribution in [1.29, 1.82) is 0 Å². The summed E-state index contributed by atoms with van der Waals surface area (Å²) in [7, 11) is -14.7. The quantitative estimate of drug-likeness (QED) is 0.0757. The summed E-state index contributed by atoms with van der Waals surface area (Å²) in [5.41, 5.74) is 31.4. The van der Waals surface area contributed by atoms with Gasteiger partial charge in [0.2, 0.25) is 0 Å². The molecule has 90 heavy (non-hydrogen) atoms. The molecule has 0 aromatic heterocycles. The van der Waals surface area contributed by atoms with Crippen molar-refractivity contribution in [2.24, 2.45) is 0 Å². The van der Waals surface area contributed by atoms with Gasteiger partial charge in [-0.3, -0.25) is 0 Å². The maximum atomic E-state index is 15.3. The summed E-state index contributed by atoms with van der Waals surface area (Å²) in [5, 5.41) is 34.3. The first kappa shape index (κ1) is 79.2. The molecule has 1 aliphatic rings. The van der Waals surface area contributed by atoms with Crippen LogP contribution in [0.5, 0.6) is 0 Å². The molecule has 0 aliphatic heterocycles. The lowest BCUT2D eigenvalue weighted by Gasteiger charge is -2.44. The van der Waals surface area contributed by atoms with Gasteiger partial charge in [-0.1, -0.05) is 285 Å². The molecule has 0 heterocycles. The van der Waals surface area contributed by atoms with Crippen LogP contribution in [0.3, 0.4) is 0 Å². The van der Waals surface area contributed by atoms with Crippen LogP contribution in [-0.2, 0) is 11.2 Å². The van der Waals surface area contributed by atoms with Gasteiger partial charge in [-0.05, 0) is 135 Å². The molecule has 2 nitrogen and oxygen atoms in total. The first-order chi connectivity index (χ1) is 41.2. The molecule has 0 saturated carbocycles. The molecular formula is C82H132O2Si6. The van der Waals surface area contributed by atoms with Crippen molar-refractivity contribution >= 4 is 70.0 Å². The molecule has 2 atom stereocenters. The lowest BCUT2D eigenvalue weighted by atomic mass is 9.65. The highest BCUT2D eigenvalue weighted by atomic mass is 28.3. The highest BCUT2D eigenvalue weighted by Crippen LogP contribution is 2.56. The van der Waals surface area contributed by atoms with E-state index in [1.165, 1.54) is 0 Å². The van der Waals surface area contributed by atoms with Gasteiger partial charge in [-0.25, -0.2) is 0 Å². The predicted octanol–water partition coefficient (Wildman–Crippen LogP) is 24.1. The van der Waals surface area contributed by atoms with E-state index in [0.29, 0.717) is 77.6 Å². The second-order valence-electron chi connectivity index (χ2n) is 33.9. The molecule has 0 fully saturated rings. The molecule has 0 saturated heterocycles. The zero-order chi connectivity index (χ0) is 69.5. The van der Waals surface area contributed by atoms with Crippen LogP contribution >= 0.6 is 0 Å². The Kier molecular flexibility index (Phi) is 25.9. The van der Waals surface area contributed by atoms with Gasteiger partial charge in [0.1, 0.15) is 48.4 Å². The zero-order valence-corrected chi connectivity index (χ0v) is 70.6. The molecule has 0 radical (unpaired) electrons. The van der Waals surface area contributed by atoms with Crippen molar-refractivity contribution in [2.75, 3.05) is 0 Å². The Morgan fingerprint density at radius 3 is 0.589 bits per heavy atom. The monoisotopic (exact) mass is 1320 g/mol. The van der Waals surface area contributed by atoms with Crippen molar-refractivity contribution in [2.45, 2.75) is 360 Å². The Labute approximate surface area is 562 Å². The van der Waals surface area contributed by atoms with Crippen LogP contribution in [0.2, 0.25) is 99.7 Å². The van der Waals surface area contributed by atoms with Gasteiger partial charge in [0.05, 0.1) is 0 Å². The minimum atomic E-state index is -2.63. The van der Waals surface area contributed by atoms with Gasteiger partial charge in [-0.2, -0.15) is 0 Å². The summed E-state index contributed by atoms with van der Waals surface area (Å²) in [4.78, 5) is 0. The van der Waals surface area contributed by atoms with Gasteiger partial charge >= 0.3 is 0 Å². The standard InChI is InChI=1S/C82H132O2Si6/c1-53(2)85(54(3)4,55(5)6)43-37-71-49-75-73(39-45-87(59(13)14,60(15)16)61(17)18)74(40-46-88(62(19)20,63(21)22)64(23)24)76-50-72(38-44-86(56(7)8,57(9)10)58(11)12)52-78-80(76)79(75)77(51-71)81(83,41-47-89(65(25)26,66(27)28)67(29)30)82(78,84)42-48-90(68(31)32,69(33)34)70(35)36/h49-70,83-84H,1-36H3. The van der Waals surface area contributed by atoms with Crippen molar-refractivity contribution in [3.8, 4) is 68.8 Å². The average molecular weight is 1320 g/mol. The summed E-state index contributed by atoms with van der Waals surface area (Å²) in [6.07, 6.45) is 0. The lowest BCUT2D eigenvalue weighted by Crippen LogP contribution is -2.52. The predicted molar refractivity (Wildman–Crippen MR) is 419 cm³/mol. The molecule has 2 N–H and O–H groups in total. The fraction of sp³-hybridized carbons (Fsp3) is 0.683. The van der Waals surface area contributed by atoms with Crippen LogP contribution < -0.4 is 0 Å². The first-order valence-electron chi connectivity index (χ1n) is 36.0. The molecule has 0 amide bonds. The van der Waals surface area contributed by atoms with Gasteiger partial charge < -0.3 is 10.2 Å². The first-order valence-corrected chi connectivity index (χ1v) is 49.4. The van der Waals surface area contributed by atoms with Crippen molar-refractivity contribution in [1.82, 2.24) is 0 Å². The van der Waals surface area contributed by atoms with E-state index in [1.807, 2.05) is 0 Å². The molecule has 3 aromatic carbocycles. The molecule has 1 aliphatic carbocycles. The Balaban J connectivity index is 2.96. The molecule has 0 spiro atoms. The number of hydrogen-bond donors (Lipinski definition) is 2. The maximum Gasteiger partial charge on any atom is 0.196 e. The summed E-state index contributed by atoms with van der Waals surface area (Å²) < 4.78 is 0. The fourth-order valence-corrected chi connectivity index (χ4v) is 51.3. The molecule has 4 rings (SSSR count). The molecule has 496 valence electrons. The lowest BCUT2D eigenvalue weighted by molar-refractivity contribution is -0.0883. The van der Waals surface area contributed by atoms with E-state index in [9.17, 15) is 0 Å². The van der Waals surface area contributed by atoms with Crippen molar-refractivity contribution < 1.29 is 10.2 Å². The van der Waals surface area contributed by atoms with Crippen LogP contribution in [0, 0.1) is 68.8 Å². The van der Waals surface area contributed by atoms with Crippen LogP contribution in [0.25, 0.3) is 21.5 Å². The minimum absolute atomic E-state index is 0.260. The van der Waals surface area contributed by atoms with Crippen molar-refractivity contribution in [3.05, 3.63) is 57.6 Å². The van der Waals surface area contributed by atoms with Crippen LogP contribution in [0.4, 0.5) is 0 Å². The van der Waals surface area contributed by atoms with E-state index in [1.54, 1.807) is 0 Å². The molecular weight excluding hydrogens is 1190 g/mol. The van der Waals surface area contributed by atoms with Crippen molar-refractivity contribution in [3.63, 3.8) is 0 Å². The smallest absolute Gasteiger partial charge is 0.196 e. The van der Waals surface area contributed by atoms with Crippen LogP contribution in [-0.4, -0.2) is 58.7 Å². The van der Waals surface area contributed by atoms with Gasteiger partial charge in [0, 0.05) is 44.2 Å². The van der Waals surface area contributed by atoms with Gasteiger partial charge in [-0.15, -0.1) is 33.3 Å². The third-order valence-corrected chi connectivity index (χ3v) is 62.1. The van der Waals surface area contributed by atoms with E-state index >= 15 is 10.2 Å². The third kappa shape index (κ3) is 13.3. The number of hydrogen-bond acceptors (Lipinski definition) is 2. The molecule has 2 unspecified atom stereocenters. The van der Waals surface area contributed by atoms with E-state index in [-0.39, 0.29) is 33.2 Å². The maximum absolute atomic E-state index is 15.3. The number of aliphatic hydroxyl groups is 2. The Hall–Kier alpha value is -3.24. The summed E-state index contributed by atoms with van der Waals surface area (Å²) >= 11 is 0. The topological polar surface area (TPSA) is 40.5 Å². The zero-order valence-electron chi connectivity index (χ0n) is 64.6. The third-order valence-electron chi connectivity index (χ3n) is 24.4. The van der Waals surface area contributed by atoms with E-state index in [4.69, 9.17) is 0 Å². The van der Waals surface area contributed by atoms with E-state index in [0.717, 1.165) is 43.8 Å². The summed E-state index contributed by atoms with van der Waals surface area (Å²) in [6.45, 7) is 85.5. The van der Waals surface area contributed by atoms with Crippen LogP contribution in [0.15, 0.2) is 24.3 Å². The number of benzene rings is 3. The Bertz CT molecular complexity index is 3090.